The first kappa shape index (κ1) is 17.8. The maximum atomic E-state index is 13.6. The molecule has 0 aliphatic rings. The summed E-state index contributed by atoms with van der Waals surface area (Å²) in [6.07, 6.45) is 0. The molecule has 132 valence electrons. The zero-order valence-corrected chi connectivity index (χ0v) is 14.8. The number of pyridine rings is 1. The van der Waals surface area contributed by atoms with Crippen molar-refractivity contribution in [1.29, 1.82) is 5.26 Å². The van der Waals surface area contributed by atoms with E-state index < -0.39 is 5.82 Å². The molecule has 2 aromatic carbocycles. The van der Waals surface area contributed by atoms with Crippen LogP contribution in [0.5, 0.6) is 5.75 Å². The standard InChI is InChI=1S/C19H15ClFN3O2/c1-10(23-13-5-3-12(9-22)16(8-13)26-2)14-7-11-4-6-15(21)17(20)18(11)24-19(14)25/h3-8,10,23H,1-2H3,(H,24,25)/t10-/m0/s1. The van der Waals surface area contributed by atoms with E-state index >= 15 is 0 Å². The number of aromatic amines is 1. The lowest BCUT2D eigenvalue weighted by Crippen LogP contribution is -2.19. The number of benzene rings is 2. The van der Waals surface area contributed by atoms with Crippen LogP contribution in [0.3, 0.4) is 0 Å². The lowest BCUT2D eigenvalue weighted by Gasteiger charge is -2.16. The number of fused-ring (bicyclic) bond motifs is 1. The van der Waals surface area contributed by atoms with Crippen molar-refractivity contribution in [1.82, 2.24) is 4.98 Å². The normalized spacial score (nSPS) is 11.8. The maximum Gasteiger partial charge on any atom is 0.253 e. The van der Waals surface area contributed by atoms with Crippen LogP contribution >= 0.6 is 11.6 Å². The van der Waals surface area contributed by atoms with Gasteiger partial charge in [0.1, 0.15) is 22.7 Å². The molecule has 0 bridgehead atoms. The highest BCUT2D eigenvalue weighted by Crippen LogP contribution is 2.27. The van der Waals surface area contributed by atoms with Crippen LogP contribution in [0.1, 0.15) is 24.1 Å². The summed E-state index contributed by atoms with van der Waals surface area (Å²) in [5, 5.41) is 12.8. The van der Waals surface area contributed by atoms with E-state index in [1.54, 1.807) is 30.3 Å². The number of nitrogens with one attached hydrogen (secondary N) is 2. The fourth-order valence-corrected chi connectivity index (χ4v) is 2.97. The molecule has 5 nitrogen and oxygen atoms in total. The van der Waals surface area contributed by atoms with Crippen LogP contribution in [-0.2, 0) is 0 Å². The lowest BCUT2D eigenvalue weighted by molar-refractivity contribution is 0.413. The van der Waals surface area contributed by atoms with Gasteiger partial charge in [-0.2, -0.15) is 5.26 Å². The van der Waals surface area contributed by atoms with Gasteiger partial charge in [0.25, 0.3) is 5.56 Å². The van der Waals surface area contributed by atoms with E-state index in [1.807, 2.05) is 13.0 Å². The summed E-state index contributed by atoms with van der Waals surface area (Å²) in [5.41, 5.74) is 1.51. The number of ether oxygens (including phenoxy) is 1. The minimum atomic E-state index is -0.585. The number of nitriles is 1. The zero-order valence-electron chi connectivity index (χ0n) is 14.1. The Kier molecular flexibility index (Phi) is 4.83. The summed E-state index contributed by atoms with van der Waals surface area (Å²) in [4.78, 5) is 15.0. The van der Waals surface area contributed by atoms with Crippen molar-refractivity contribution < 1.29 is 9.13 Å². The van der Waals surface area contributed by atoms with E-state index in [2.05, 4.69) is 10.3 Å². The molecule has 3 rings (SSSR count). The number of rotatable bonds is 4. The van der Waals surface area contributed by atoms with Gasteiger partial charge >= 0.3 is 0 Å². The van der Waals surface area contributed by atoms with E-state index in [4.69, 9.17) is 21.6 Å². The molecule has 0 unspecified atom stereocenters. The van der Waals surface area contributed by atoms with Gasteiger partial charge in [-0.25, -0.2) is 4.39 Å². The van der Waals surface area contributed by atoms with E-state index in [1.165, 1.54) is 13.2 Å². The molecule has 0 saturated heterocycles. The van der Waals surface area contributed by atoms with Crippen molar-refractivity contribution in [2.45, 2.75) is 13.0 Å². The number of H-pyrrole nitrogens is 1. The molecule has 0 spiro atoms. The number of methoxy groups -OCH3 is 1. The molecule has 1 atom stereocenters. The monoisotopic (exact) mass is 371 g/mol. The topological polar surface area (TPSA) is 77.9 Å². The molecule has 0 amide bonds. The van der Waals surface area contributed by atoms with E-state index in [9.17, 15) is 9.18 Å². The second-order valence-corrected chi connectivity index (χ2v) is 6.15. The van der Waals surface area contributed by atoms with Gasteiger partial charge in [0, 0.05) is 22.7 Å². The summed E-state index contributed by atoms with van der Waals surface area (Å²) in [7, 11) is 1.49. The molecule has 1 aromatic heterocycles. The van der Waals surface area contributed by atoms with Gasteiger partial charge in [-0.05, 0) is 37.3 Å². The average molecular weight is 372 g/mol. The molecule has 26 heavy (non-hydrogen) atoms. The number of hydrogen-bond acceptors (Lipinski definition) is 4. The fourth-order valence-electron chi connectivity index (χ4n) is 2.75. The molecule has 0 fully saturated rings. The minimum Gasteiger partial charge on any atom is -0.495 e. The molecule has 1 heterocycles. The Morgan fingerprint density at radius 3 is 2.77 bits per heavy atom. The second kappa shape index (κ2) is 7.06. The van der Waals surface area contributed by atoms with Crippen LogP contribution in [-0.4, -0.2) is 12.1 Å². The summed E-state index contributed by atoms with van der Waals surface area (Å²) < 4.78 is 18.7. The number of hydrogen-bond donors (Lipinski definition) is 2. The number of nitrogens with zero attached hydrogens (tertiary/aromatic N) is 1. The highest BCUT2D eigenvalue weighted by Gasteiger charge is 2.14. The predicted octanol–water partition coefficient (Wildman–Crippen LogP) is 4.37. The van der Waals surface area contributed by atoms with Gasteiger partial charge in [-0.3, -0.25) is 4.79 Å². The Hall–Kier alpha value is -3.04. The fraction of sp³-hybridized carbons (Fsp3) is 0.158. The Labute approximate surface area is 154 Å². The molecular weight excluding hydrogens is 357 g/mol. The maximum absolute atomic E-state index is 13.6. The number of anilines is 1. The zero-order chi connectivity index (χ0) is 18.8. The van der Waals surface area contributed by atoms with Crippen LogP contribution in [0.15, 0.2) is 41.2 Å². The molecular formula is C19H15ClFN3O2. The third-order valence-electron chi connectivity index (χ3n) is 4.11. The first-order valence-electron chi connectivity index (χ1n) is 7.80. The summed E-state index contributed by atoms with van der Waals surface area (Å²) in [5.74, 6) is -0.141. The summed E-state index contributed by atoms with van der Waals surface area (Å²) in [6.45, 7) is 1.83. The van der Waals surface area contributed by atoms with E-state index in [-0.39, 0.29) is 22.1 Å². The Bertz CT molecular complexity index is 1090. The molecule has 0 radical (unpaired) electrons. The number of aromatic nitrogens is 1. The molecule has 3 aromatic rings. The number of halogens is 2. The Morgan fingerprint density at radius 2 is 2.08 bits per heavy atom. The second-order valence-electron chi connectivity index (χ2n) is 5.77. The smallest absolute Gasteiger partial charge is 0.253 e. The van der Waals surface area contributed by atoms with Gasteiger partial charge in [0.15, 0.2) is 0 Å². The van der Waals surface area contributed by atoms with Crippen molar-refractivity contribution in [2.75, 3.05) is 12.4 Å². The Morgan fingerprint density at radius 1 is 1.31 bits per heavy atom. The van der Waals surface area contributed by atoms with Gasteiger partial charge < -0.3 is 15.0 Å². The highest BCUT2D eigenvalue weighted by atomic mass is 35.5. The van der Waals surface area contributed by atoms with Crippen LogP contribution in [0.4, 0.5) is 10.1 Å². The lowest BCUT2D eigenvalue weighted by atomic mass is 10.1. The Balaban J connectivity index is 1.97. The van der Waals surface area contributed by atoms with Crippen LogP contribution in [0.2, 0.25) is 5.02 Å². The predicted molar refractivity (Wildman–Crippen MR) is 99.3 cm³/mol. The van der Waals surface area contributed by atoms with Crippen molar-refractivity contribution in [2.24, 2.45) is 0 Å². The quantitative estimate of drug-likeness (QED) is 0.713. The third-order valence-corrected chi connectivity index (χ3v) is 4.48. The van der Waals surface area contributed by atoms with E-state index in [0.29, 0.717) is 28.0 Å². The third kappa shape index (κ3) is 3.22. The molecule has 0 aliphatic heterocycles. The SMILES string of the molecule is COc1cc(N[C@@H](C)c2cc3ccc(F)c(Cl)c3[nH]c2=O)ccc1C#N. The highest BCUT2D eigenvalue weighted by molar-refractivity contribution is 6.35. The van der Waals surface area contributed by atoms with Crippen LogP contribution in [0, 0.1) is 17.1 Å². The van der Waals surface area contributed by atoms with Gasteiger partial charge in [-0.1, -0.05) is 11.6 Å². The van der Waals surface area contributed by atoms with Crippen molar-refractivity contribution in [3.05, 3.63) is 68.7 Å². The molecule has 7 heteroatoms. The first-order valence-corrected chi connectivity index (χ1v) is 8.18. The molecule has 2 N–H and O–H groups in total. The van der Waals surface area contributed by atoms with Gasteiger partial charge in [0.2, 0.25) is 0 Å². The first-order chi connectivity index (χ1) is 12.4. The molecule has 0 aliphatic carbocycles. The van der Waals surface area contributed by atoms with Crippen molar-refractivity contribution in [3.8, 4) is 11.8 Å². The largest absolute Gasteiger partial charge is 0.495 e. The van der Waals surface area contributed by atoms with Gasteiger partial charge in [-0.15, -0.1) is 0 Å². The van der Waals surface area contributed by atoms with Crippen molar-refractivity contribution >= 4 is 28.2 Å². The molecule has 0 saturated carbocycles. The summed E-state index contributed by atoms with van der Waals surface area (Å²) >= 11 is 5.92. The average Bonchev–Trinajstić information content (AvgIpc) is 2.64. The summed E-state index contributed by atoms with van der Waals surface area (Å²) in [6, 6.07) is 11.3. The van der Waals surface area contributed by atoms with Crippen LogP contribution < -0.4 is 15.6 Å². The minimum absolute atomic E-state index is 0.108. The van der Waals surface area contributed by atoms with Crippen LogP contribution in [0.25, 0.3) is 10.9 Å². The van der Waals surface area contributed by atoms with E-state index in [0.717, 1.165) is 0 Å². The van der Waals surface area contributed by atoms with Gasteiger partial charge in [0.05, 0.1) is 24.2 Å². The van der Waals surface area contributed by atoms with Crippen molar-refractivity contribution in [3.63, 3.8) is 0 Å².